The number of nitrogens with zero attached hydrogens (tertiary/aromatic N) is 3. The highest BCUT2D eigenvalue weighted by atomic mass is 32.2. The number of hydrogen-bond acceptors (Lipinski definition) is 8. The SMILES string of the molecule is CCn1c(Cc2ccc(OC)cc2)nnc1SCC(=O)Nc1scc(-c2ccc(C)cc2)c1C(=O)OC. The molecule has 4 rings (SSSR count). The number of esters is 1. The lowest BCUT2D eigenvalue weighted by atomic mass is 10.0. The molecule has 8 nitrogen and oxygen atoms in total. The summed E-state index contributed by atoms with van der Waals surface area (Å²) in [5, 5.41) is 14.5. The van der Waals surface area contributed by atoms with Crippen molar-refractivity contribution in [2.45, 2.75) is 32.0 Å². The number of methoxy groups -OCH3 is 2. The highest BCUT2D eigenvalue weighted by molar-refractivity contribution is 7.99. The Morgan fingerprint density at radius 2 is 1.78 bits per heavy atom. The van der Waals surface area contributed by atoms with Crippen LogP contribution < -0.4 is 10.1 Å². The van der Waals surface area contributed by atoms with Crippen LogP contribution in [0.5, 0.6) is 5.75 Å². The first-order chi connectivity index (χ1) is 17.9. The van der Waals surface area contributed by atoms with Crippen molar-refractivity contribution in [1.82, 2.24) is 14.8 Å². The fourth-order valence-corrected chi connectivity index (χ4v) is 5.59. The quantitative estimate of drug-likeness (QED) is 0.213. The van der Waals surface area contributed by atoms with Gasteiger partial charge in [-0.25, -0.2) is 4.79 Å². The van der Waals surface area contributed by atoms with Gasteiger partial charge in [0.05, 0.1) is 20.0 Å². The minimum absolute atomic E-state index is 0.124. The Kier molecular flexibility index (Phi) is 8.62. The van der Waals surface area contributed by atoms with E-state index >= 15 is 0 Å². The fraction of sp³-hybridized carbons (Fsp3) is 0.259. The highest BCUT2D eigenvalue weighted by Crippen LogP contribution is 2.36. The van der Waals surface area contributed by atoms with Gasteiger partial charge in [-0.15, -0.1) is 21.5 Å². The second-order valence-electron chi connectivity index (χ2n) is 8.22. The normalized spacial score (nSPS) is 10.8. The van der Waals surface area contributed by atoms with Crippen LogP contribution in [-0.4, -0.2) is 46.6 Å². The number of thiophene rings is 1. The highest BCUT2D eigenvalue weighted by Gasteiger charge is 2.23. The van der Waals surface area contributed by atoms with Crippen LogP contribution in [0.4, 0.5) is 5.00 Å². The number of nitrogens with one attached hydrogen (secondary N) is 1. The van der Waals surface area contributed by atoms with E-state index in [0.29, 0.717) is 28.7 Å². The lowest BCUT2D eigenvalue weighted by Gasteiger charge is -2.09. The minimum Gasteiger partial charge on any atom is -0.497 e. The van der Waals surface area contributed by atoms with Crippen LogP contribution in [-0.2, 0) is 22.5 Å². The molecule has 0 spiro atoms. The molecule has 0 radical (unpaired) electrons. The first kappa shape index (κ1) is 26.4. The molecule has 0 saturated carbocycles. The van der Waals surface area contributed by atoms with Crippen molar-refractivity contribution >= 4 is 40.0 Å². The summed E-state index contributed by atoms with van der Waals surface area (Å²) in [6, 6.07) is 15.7. The van der Waals surface area contributed by atoms with Crippen molar-refractivity contribution in [3.8, 4) is 16.9 Å². The molecule has 0 atom stereocenters. The lowest BCUT2D eigenvalue weighted by Crippen LogP contribution is -2.16. The third kappa shape index (κ3) is 6.20. The summed E-state index contributed by atoms with van der Waals surface area (Å²) in [5.41, 5.74) is 4.19. The van der Waals surface area contributed by atoms with E-state index in [0.717, 1.165) is 33.8 Å². The van der Waals surface area contributed by atoms with Gasteiger partial charge in [0.15, 0.2) is 5.16 Å². The summed E-state index contributed by atoms with van der Waals surface area (Å²) in [5.74, 6) is 1.02. The molecule has 0 unspecified atom stereocenters. The van der Waals surface area contributed by atoms with Gasteiger partial charge in [0.1, 0.15) is 22.1 Å². The molecule has 0 aliphatic heterocycles. The summed E-state index contributed by atoms with van der Waals surface area (Å²) in [4.78, 5) is 25.4. The molecule has 1 N–H and O–H groups in total. The molecule has 2 aromatic carbocycles. The zero-order chi connectivity index (χ0) is 26.4. The number of benzene rings is 2. The standard InChI is InChI=1S/C27H28N4O4S2/c1-5-31-22(14-18-8-12-20(34-3)13-9-18)29-30-27(31)37-16-23(32)28-25-24(26(33)35-4)21(15-36-25)19-10-6-17(2)7-11-19/h6-13,15H,5,14,16H2,1-4H3,(H,28,32). The maximum atomic E-state index is 12.9. The molecule has 0 saturated heterocycles. The second kappa shape index (κ2) is 12.1. The van der Waals surface area contributed by atoms with Gasteiger partial charge in [0.2, 0.25) is 5.91 Å². The van der Waals surface area contributed by atoms with E-state index in [1.807, 2.05) is 72.3 Å². The number of thioether (sulfide) groups is 1. The van der Waals surface area contributed by atoms with Crippen LogP contribution in [0.15, 0.2) is 59.1 Å². The Balaban J connectivity index is 1.45. The lowest BCUT2D eigenvalue weighted by molar-refractivity contribution is -0.113. The summed E-state index contributed by atoms with van der Waals surface area (Å²) in [6.45, 7) is 4.70. The Bertz CT molecular complexity index is 1380. The van der Waals surface area contributed by atoms with Crippen molar-refractivity contribution < 1.29 is 19.1 Å². The summed E-state index contributed by atoms with van der Waals surface area (Å²) in [6.07, 6.45) is 0.622. The maximum absolute atomic E-state index is 12.9. The summed E-state index contributed by atoms with van der Waals surface area (Å²) in [7, 11) is 2.97. The van der Waals surface area contributed by atoms with Crippen molar-refractivity contribution in [1.29, 1.82) is 0 Å². The van der Waals surface area contributed by atoms with Gasteiger partial charge in [-0.1, -0.05) is 53.7 Å². The van der Waals surface area contributed by atoms with E-state index in [9.17, 15) is 9.59 Å². The minimum atomic E-state index is -0.492. The molecule has 10 heteroatoms. The number of aryl methyl sites for hydroxylation is 1. The molecule has 2 heterocycles. The molecular formula is C27H28N4O4S2. The van der Waals surface area contributed by atoms with Crippen molar-refractivity contribution in [2.24, 2.45) is 0 Å². The molecule has 0 bridgehead atoms. The zero-order valence-corrected chi connectivity index (χ0v) is 22.7. The van der Waals surface area contributed by atoms with Crippen molar-refractivity contribution in [2.75, 3.05) is 25.3 Å². The Morgan fingerprint density at radius 1 is 1.05 bits per heavy atom. The predicted octanol–water partition coefficient (Wildman–Crippen LogP) is 5.45. The number of hydrogen-bond donors (Lipinski definition) is 1. The average Bonchev–Trinajstić information content (AvgIpc) is 3.51. The monoisotopic (exact) mass is 536 g/mol. The molecule has 37 heavy (non-hydrogen) atoms. The topological polar surface area (TPSA) is 95.3 Å². The van der Waals surface area contributed by atoms with Crippen molar-refractivity contribution in [3.05, 3.63) is 76.4 Å². The van der Waals surface area contributed by atoms with Gasteiger partial charge in [0, 0.05) is 23.9 Å². The molecular weight excluding hydrogens is 508 g/mol. The molecule has 4 aromatic rings. The Hall–Kier alpha value is -3.63. The van der Waals surface area contributed by atoms with Gasteiger partial charge in [-0.3, -0.25) is 4.79 Å². The molecule has 1 amide bonds. The number of carbonyl (C=O) groups excluding carboxylic acids is 2. The van der Waals surface area contributed by atoms with Gasteiger partial charge in [-0.05, 0) is 37.1 Å². The Morgan fingerprint density at radius 3 is 2.43 bits per heavy atom. The zero-order valence-electron chi connectivity index (χ0n) is 21.1. The van der Waals surface area contributed by atoms with Gasteiger partial charge in [0.25, 0.3) is 0 Å². The molecule has 0 aliphatic rings. The Labute approximate surface area is 224 Å². The second-order valence-corrected chi connectivity index (χ2v) is 10.0. The van der Waals surface area contributed by atoms with E-state index in [1.54, 1.807) is 7.11 Å². The first-order valence-corrected chi connectivity index (χ1v) is 13.5. The number of amides is 1. The first-order valence-electron chi connectivity index (χ1n) is 11.7. The predicted molar refractivity (Wildman–Crippen MR) is 147 cm³/mol. The van der Waals surface area contributed by atoms with Gasteiger partial charge in [-0.2, -0.15) is 0 Å². The van der Waals surface area contributed by atoms with Crippen LogP contribution in [0.1, 0.15) is 34.2 Å². The van der Waals surface area contributed by atoms with Crippen LogP contribution >= 0.6 is 23.1 Å². The number of anilines is 1. The van der Waals surface area contributed by atoms with Crippen LogP contribution in [0, 0.1) is 6.92 Å². The third-order valence-corrected chi connectivity index (χ3v) is 7.62. The maximum Gasteiger partial charge on any atom is 0.341 e. The summed E-state index contributed by atoms with van der Waals surface area (Å²) >= 11 is 2.61. The number of carbonyl (C=O) groups is 2. The largest absolute Gasteiger partial charge is 0.497 e. The van der Waals surface area contributed by atoms with E-state index < -0.39 is 5.97 Å². The molecule has 0 fully saturated rings. The van der Waals surface area contributed by atoms with Crippen LogP contribution in [0.3, 0.4) is 0 Å². The number of rotatable bonds is 10. The van der Waals surface area contributed by atoms with Gasteiger partial charge >= 0.3 is 5.97 Å². The van der Waals surface area contributed by atoms with E-state index in [2.05, 4.69) is 15.5 Å². The average molecular weight is 537 g/mol. The fourth-order valence-electron chi connectivity index (χ4n) is 3.79. The molecule has 192 valence electrons. The molecule has 2 aromatic heterocycles. The van der Waals surface area contributed by atoms with Crippen LogP contribution in [0.2, 0.25) is 0 Å². The van der Waals surface area contributed by atoms with E-state index in [1.165, 1.54) is 30.2 Å². The van der Waals surface area contributed by atoms with E-state index in [4.69, 9.17) is 9.47 Å². The summed E-state index contributed by atoms with van der Waals surface area (Å²) < 4.78 is 12.2. The molecule has 0 aliphatic carbocycles. The smallest absolute Gasteiger partial charge is 0.341 e. The van der Waals surface area contributed by atoms with Gasteiger partial charge < -0.3 is 19.4 Å². The van der Waals surface area contributed by atoms with Crippen molar-refractivity contribution in [3.63, 3.8) is 0 Å². The number of aromatic nitrogens is 3. The third-order valence-electron chi connectivity index (χ3n) is 5.76. The van der Waals surface area contributed by atoms with E-state index in [-0.39, 0.29) is 11.7 Å². The van der Waals surface area contributed by atoms with Crippen LogP contribution in [0.25, 0.3) is 11.1 Å². The number of ether oxygens (including phenoxy) is 2.